The van der Waals surface area contributed by atoms with Gasteiger partial charge in [0.1, 0.15) is 6.04 Å². The molecule has 3 aromatic rings. The minimum atomic E-state index is -0.985. The molecule has 0 radical (unpaired) electrons. The van der Waals surface area contributed by atoms with E-state index in [-0.39, 0.29) is 24.2 Å². The number of anilines is 3. The second kappa shape index (κ2) is 14.8. The van der Waals surface area contributed by atoms with E-state index in [1.54, 1.807) is 18.2 Å². The largest absolute Gasteiger partial charge is 0.371 e. The lowest BCUT2D eigenvalue weighted by Crippen LogP contribution is -2.54. The predicted molar refractivity (Wildman–Crippen MR) is 216 cm³/mol. The van der Waals surface area contributed by atoms with Crippen LogP contribution in [-0.4, -0.2) is 122 Å². The van der Waals surface area contributed by atoms with Crippen molar-refractivity contribution in [3.05, 3.63) is 93.8 Å². The van der Waals surface area contributed by atoms with E-state index in [1.807, 2.05) is 41.3 Å². The van der Waals surface area contributed by atoms with Crippen molar-refractivity contribution < 1.29 is 24.0 Å². The van der Waals surface area contributed by atoms with Gasteiger partial charge in [0.25, 0.3) is 17.7 Å². The Kier molecular flexibility index (Phi) is 9.65. The summed E-state index contributed by atoms with van der Waals surface area (Å²) in [5, 5.41) is 2.74. The van der Waals surface area contributed by atoms with Gasteiger partial charge in [-0.1, -0.05) is 29.8 Å². The molecule has 9 rings (SSSR count). The van der Waals surface area contributed by atoms with Crippen molar-refractivity contribution in [3.8, 4) is 0 Å². The molecule has 1 spiro atoms. The quantitative estimate of drug-likeness (QED) is 0.269. The first-order valence-corrected chi connectivity index (χ1v) is 20.4. The van der Waals surface area contributed by atoms with Crippen LogP contribution in [0.2, 0.25) is 5.02 Å². The van der Waals surface area contributed by atoms with Gasteiger partial charge in [-0.25, -0.2) is 4.85 Å². The van der Waals surface area contributed by atoms with Crippen LogP contribution in [-0.2, 0) is 9.59 Å². The van der Waals surface area contributed by atoms with E-state index in [9.17, 15) is 24.0 Å². The van der Waals surface area contributed by atoms with E-state index in [0.29, 0.717) is 27.8 Å². The number of hydrogen-bond donors (Lipinski definition) is 1. The van der Waals surface area contributed by atoms with Gasteiger partial charge < -0.3 is 19.6 Å². The molecule has 6 aliphatic rings. The fraction of sp³-hybridized carbons (Fsp3) is 0.442. The Hall–Kier alpha value is -5.45. The molecule has 5 saturated heterocycles. The summed E-state index contributed by atoms with van der Waals surface area (Å²) >= 11 is 6.34. The van der Waals surface area contributed by atoms with Crippen LogP contribution in [0.4, 0.5) is 22.7 Å². The van der Waals surface area contributed by atoms with Gasteiger partial charge in [-0.15, -0.1) is 0 Å². The molecule has 57 heavy (non-hydrogen) atoms. The topological polar surface area (TPSA) is 121 Å². The summed E-state index contributed by atoms with van der Waals surface area (Å²) in [6, 6.07) is 18.0. The first-order chi connectivity index (χ1) is 27.6. The van der Waals surface area contributed by atoms with Crippen molar-refractivity contribution in [1.82, 2.24) is 20.0 Å². The van der Waals surface area contributed by atoms with Crippen molar-refractivity contribution in [2.45, 2.75) is 38.1 Å². The van der Waals surface area contributed by atoms with E-state index in [4.69, 9.17) is 18.2 Å². The number of rotatable bonds is 7. The minimum Gasteiger partial charge on any atom is -0.371 e. The molecule has 6 heterocycles. The van der Waals surface area contributed by atoms with Crippen LogP contribution in [0.25, 0.3) is 4.85 Å². The van der Waals surface area contributed by atoms with Crippen molar-refractivity contribution >= 4 is 63.9 Å². The number of benzene rings is 3. The van der Waals surface area contributed by atoms with Crippen molar-refractivity contribution in [2.24, 2.45) is 11.3 Å². The summed E-state index contributed by atoms with van der Waals surface area (Å²) in [6.07, 6.45) is 3.17. The predicted octanol–water partition coefficient (Wildman–Crippen LogP) is 4.68. The number of halogens is 1. The molecule has 5 amide bonds. The minimum absolute atomic E-state index is 0.0569. The summed E-state index contributed by atoms with van der Waals surface area (Å²) in [5.74, 6) is -1.47. The van der Waals surface area contributed by atoms with Crippen LogP contribution in [0, 0.1) is 17.9 Å². The molecule has 0 aliphatic carbocycles. The van der Waals surface area contributed by atoms with Crippen molar-refractivity contribution in [3.63, 3.8) is 0 Å². The standard InChI is InChI=1S/C43H45ClN8O5/c1-45-34-9-8-31(23-33(34)44)50-16-13-43(26-50)14-17-51(27-43)40(55)29-4-2-5-30(22-29)48-20-18-47(19-21-48)24-28-12-15-49(25-28)35-7-3-6-32-38(35)42(57)52(41(32)56)36-10-11-37(53)46-39(36)54/h2-9,22-23,28,36H,10-21,24-27H2,(H,46,53,54)/t28-,36?,43?/m1/s1. The van der Waals surface area contributed by atoms with Gasteiger partial charge in [-0.3, -0.25) is 39.1 Å². The number of nitrogens with one attached hydrogen (secondary N) is 1. The highest BCUT2D eigenvalue weighted by Gasteiger charge is 2.47. The van der Waals surface area contributed by atoms with Gasteiger partial charge in [0.05, 0.1) is 23.4 Å². The Morgan fingerprint density at radius 1 is 0.825 bits per heavy atom. The number of fused-ring (bicyclic) bond motifs is 1. The number of amides is 5. The molecule has 294 valence electrons. The highest BCUT2D eigenvalue weighted by molar-refractivity contribution is 6.33. The van der Waals surface area contributed by atoms with E-state index >= 15 is 0 Å². The van der Waals surface area contributed by atoms with Crippen LogP contribution < -0.4 is 20.0 Å². The first kappa shape index (κ1) is 37.1. The molecule has 13 nitrogen and oxygen atoms in total. The van der Waals surface area contributed by atoms with Gasteiger partial charge in [0, 0.05) is 106 Å². The summed E-state index contributed by atoms with van der Waals surface area (Å²) < 4.78 is 0. The molecule has 0 aromatic heterocycles. The highest BCUT2D eigenvalue weighted by atomic mass is 35.5. The fourth-order valence-electron chi connectivity index (χ4n) is 9.91. The normalized spacial score (nSPS) is 25.2. The number of carbonyl (C=O) groups is 5. The molecule has 3 atom stereocenters. The zero-order chi connectivity index (χ0) is 39.4. The zero-order valence-electron chi connectivity index (χ0n) is 31.8. The highest BCUT2D eigenvalue weighted by Crippen LogP contribution is 2.43. The molecular weight excluding hydrogens is 744 g/mol. The molecule has 5 fully saturated rings. The average Bonchev–Trinajstić information content (AvgIpc) is 4.02. The summed E-state index contributed by atoms with van der Waals surface area (Å²) in [6.45, 7) is 16.5. The van der Waals surface area contributed by atoms with Crippen LogP contribution in [0.3, 0.4) is 0 Å². The Labute approximate surface area is 336 Å². The van der Waals surface area contributed by atoms with Gasteiger partial charge in [-0.05, 0) is 74.1 Å². The van der Waals surface area contributed by atoms with E-state index in [0.717, 1.165) is 119 Å². The number of piperazine rings is 1. The number of imide groups is 2. The summed E-state index contributed by atoms with van der Waals surface area (Å²) in [7, 11) is 0. The first-order valence-electron chi connectivity index (χ1n) is 20.0. The smallest absolute Gasteiger partial charge is 0.264 e. The third kappa shape index (κ3) is 6.89. The van der Waals surface area contributed by atoms with Gasteiger partial charge in [0.2, 0.25) is 17.5 Å². The molecule has 2 unspecified atom stereocenters. The maximum absolute atomic E-state index is 13.8. The van der Waals surface area contributed by atoms with Crippen LogP contribution in [0.5, 0.6) is 0 Å². The lowest BCUT2D eigenvalue weighted by Gasteiger charge is -2.37. The second-order valence-electron chi connectivity index (χ2n) is 16.5. The molecule has 1 N–H and O–H groups in total. The third-order valence-electron chi connectivity index (χ3n) is 13.0. The Morgan fingerprint density at radius 3 is 2.40 bits per heavy atom. The van der Waals surface area contributed by atoms with Crippen molar-refractivity contribution in [2.75, 3.05) is 86.7 Å². The monoisotopic (exact) mass is 788 g/mol. The SMILES string of the molecule is [C-]#[N+]c1ccc(N2CCC3(CCN(C(=O)c4cccc(N5CCN(C[C@H]6CCN(c7cccc8c7C(=O)N(C7CCC(=O)NC7=O)C8=O)C6)CC5)c4)C3)C2)cc1Cl. The molecule has 0 saturated carbocycles. The fourth-order valence-corrected chi connectivity index (χ4v) is 10.1. The van der Waals surface area contributed by atoms with E-state index in [1.165, 1.54) is 0 Å². The summed E-state index contributed by atoms with van der Waals surface area (Å²) in [5.41, 5.74) is 4.73. The number of hydrogen-bond acceptors (Lipinski definition) is 9. The number of nitrogens with zero attached hydrogens (tertiary/aromatic N) is 7. The Balaban J connectivity index is 0.776. The molecule has 14 heteroatoms. The van der Waals surface area contributed by atoms with E-state index < -0.39 is 29.7 Å². The lowest BCUT2D eigenvalue weighted by molar-refractivity contribution is -0.136. The van der Waals surface area contributed by atoms with Crippen LogP contribution in [0.1, 0.15) is 63.2 Å². The molecule has 3 aromatic carbocycles. The van der Waals surface area contributed by atoms with E-state index in [2.05, 4.69) is 35.8 Å². The Bertz CT molecular complexity index is 2220. The summed E-state index contributed by atoms with van der Waals surface area (Å²) in [4.78, 5) is 81.1. The van der Waals surface area contributed by atoms with Gasteiger partial charge >= 0.3 is 0 Å². The van der Waals surface area contributed by atoms with Gasteiger partial charge in [0.15, 0.2) is 0 Å². The third-order valence-corrected chi connectivity index (χ3v) is 13.3. The van der Waals surface area contributed by atoms with Crippen LogP contribution in [0.15, 0.2) is 60.7 Å². The Morgan fingerprint density at radius 2 is 1.61 bits per heavy atom. The van der Waals surface area contributed by atoms with Crippen molar-refractivity contribution in [1.29, 1.82) is 0 Å². The average molecular weight is 789 g/mol. The molecule has 6 aliphatic heterocycles. The van der Waals surface area contributed by atoms with Gasteiger partial charge in [-0.2, -0.15) is 0 Å². The number of carbonyl (C=O) groups excluding carboxylic acids is 5. The number of piperidine rings is 1. The maximum atomic E-state index is 13.8. The lowest BCUT2D eigenvalue weighted by atomic mass is 9.86. The zero-order valence-corrected chi connectivity index (χ0v) is 32.5. The molecule has 0 bridgehead atoms. The van der Waals surface area contributed by atoms with Crippen LogP contribution >= 0.6 is 11.6 Å². The second-order valence-corrected chi connectivity index (χ2v) is 16.9. The maximum Gasteiger partial charge on any atom is 0.264 e. The molecular formula is C43H45ClN8O5. The number of likely N-dealkylation sites (tertiary alicyclic amines) is 1.